The van der Waals surface area contributed by atoms with Gasteiger partial charge in [-0.3, -0.25) is 4.79 Å². The van der Waals surface area contributed by atoms with Crippen LogP contribution >= 0.6 is 22.0 Å². The Hall–Kier alpha value is -1.96. The molecule has 0 bridgehead atoms. The van der Waals surface area contributed by atoms with Gasteiger partial charge in [0.15, 0.2) is 0 Å². The zero-order valence-corrected chi connectivity index (χ0v) is 15.2. The van der Waals surface area contributed by atoms with E-state index < -0.39 is 9.05 Å². The van der Waals surface area contributed by atoms with E-state index in [4.69, 9.17) is 10.7 Å². The maximum atomic E-state index is 11.9. The first-order chi connectivity index (χ1) is 11.3. The number of hydrogen-bond donors (Lipinski definition) is 1. The van der Waals surface area contributed by atoms with Crippen molar-refractivity contribution in [2.24, 2.45) is 0 Å². The number of anilines is 1. The fraction of sp³-hybridized carbons (Fsp3) is 0.125. The Kier molecular flexibility index (Phi) is 4.33. The average molecular weight is 381 g/mol. The fourth-order valence-electron chi connectivity index (χ4n) is 2.39. The molecule has 1 aromatic heterocycles. The Morgan fingerprint density at radius 2 is 1.83 bits per heavy atom. The molecule has 24 heavy (non-hydrogen) atoms. The van der Waals surface area contributed by atoms with Gasteiger partial charge in [-0.25, -0.2) is 13.4 Å². The molecule has 3 rings (SSSR count). The van der Waals surface area contributed by atoms with Crippen LogP contribution in [0.2, 0.25) is 0 Å². The van der Waals surface area contributed by atoms with E-state index in [1.54, 1.807) is 31.2 Å². The second-order valence-electron chi connectivity index (χ2n) is 5.28. The molecule has 1 heterocycles. The summed E-state index contributed by atoms with van der Waals surface area (Å²) in [5.74, 6) is -0.143. The van der Waals surface area contributed by atoms with Gasteiger partial charge in [-0.05, 0) is 42.8 Å². The maximum Gasteiger partial charge on any atom is 0.263 e. The molecule has 0 saturated carbocycles. The molecule has 0 aliphatic heterocycles. The van der Waals surface area contributed by atoms with Crippen molar-refractivity contribution < 1.29 is 13.2 Å². The van der Waals surface area contributed by atoms with Crippen molar-refractivity contribution >= 4 is 52.9 Å². The molecular formula is C16H13ClN2O3S2. The lowest BCUT2D eigenvalue weighted by atomic mass is 10.2. The summed E-state index contributed by atoms with van der Waals surface area (Å²) in [7, 11) is 1.72. The lowest BCUT2D eigenvalue weighted by molar-refractivity contribution is -0.114. The number of fused-ring (bicyclic) bond motifs is 1. The van der Waals surface area contributed by atoms with Crippen molar-refractivity contribution in [3.63, 3.8) is 0 Å². The van der Waals surface area contributed by atoms with Gasteiger partial charge in [-0.1, -0.05) is 6.07 Å². The largest absolute Gasteiger partial charge is 0.326 e. The molecule has 0 unspecified atom stereocenters. The van der Waals surface area contributed by atoms with Gasteiger partial charge < -0.3 is 5.32 Å². The minimum atomic E-state index is -3.85. The van der Waals surface area contributed by atoms with Crippen molar-refractivity contribution in [3.05, 3.63) is 42.0 Å². The number of rotatable bonds is 3. The lowest BCUT2D eigenvalue weighted by Crippen LogP contribution is -2.05. The number of aromatic nitrogens is 1. The van der Waals surface area contributed by atoms with E-state index in [1.807, 2.05) is 12.1 Å². The molecule has 3 aromatic rings. The first-order valence-corrected chi connectivity index (χ1v) is 10.1. The van der Waals surface area contributed by atoms with Gasteiger partial charge in [-0.15, -0.1) is 11.3 Å². The Morgan fingerprint density at radius 3 is 2.42 bits per heavy atom. The molecule has 124 valence electrons. The van der Waals surface area contributed by atoms with Gasteiger partial charge >= 0.3 is 0 Å². The number of carbonyl (C=O) groups is 1. The third-order valence-electron chi connectivity index (χ3n) is 3.40. The molecule has 0 atom stereocenters. The minimum Gasteiger partial charge on any atom is -0.326 e. The van der Waals surface area contributed by atoms with Crippen molar-refractivity contribution in [1.29, 1.82) is 0 Å². The molecule has 8 heteroatoms. The van der Waals surface area contributed by atoms with Gasteiger partial charge in [0, 0.05) is 28.9 Å². The summed E-state index contributed by atoms with van der Waals surface area (Å²) in [5.41, 5.74) is 2.70. The number of hydrogen-bond acceptors (Lipinski definition) is 5. The first kappa shape index (κ1) is 16.9. The Bertz CT molecular complexity index is 1040. The number of benzene rings is 2. The Morgan fingerprint density at radius 1 is 1.17 bits per heavy atom. The van der Waals surface area contributed by atoms with E-state index in [0.717, 1.165) is 5.56 Å². The number of amides is 1. The molecule has 0 saturated heterocycles. The van der Waals surface area contributed by atoms with Crippen LogP contribution in [0.5, 0.6) is 0 Å². The summed E-state index contributed by atoms with van der Waals surface area (Å²) in [4.78, 5) is 15.7. The predicted molar refractivity (Wildman–Crippen MR) is 97.1 cm³/mol. The van der Waals surface area contributed by atoms with Crippen molar-refractivity contribution in [2.75, 3.05) is 5.32 Å². The highest BCUT2D eigenvalue weighted by Gasteiger charge is 2.20. The maximum absolute atomic E-state index is 11.9. The number of aryl methyl sites for hydroxylation is 1. The van der Waals surface area contributed by atoms with Gasteiger partial charge in [-0.2, -0.15) is 0 Å². The van der Waals surface area contributed by atoms with E-state index in [0.29, 0.717) is 26.5 Å². The summed E-state index contributed by atoms with van der Waals surface area (Å²) in [5, 5.41) is 3.38. The van der Waals surface area contributed by atoms with E-state index >= 15 is 0 Å². The molecular weight excluding hydrogens is 368 g/mol. The molecule has 0 radical (unpaired) electrons. The van der Waals surface area contributed by atoms with Crippen LogP contribution in [0.1, 0.15) is 12.5 Å². The van der Waals surface area contributed by atoms with Crippen LogP contribution in [0, 0.1) is 6.92 Å². The summed E-state index contributed by atoms with van der Waals surface area (Å²) in [6.07, 6.45) is 0. The molecule has 5 nitrogen and oxygen atoms in total. The second kappa shape index (κ2) is 6.16. The third-order valence-corrected chi connectivity index (χ3v) is 6.15. The molecule has 1 amide bonds. The topological polar surface area (TPSA) is 76.1 Å². The summed E-state index contributed by atoms with van der Waals surface area (Å²) in [6, 6.07) is 10.7. The van der Waals surface area contributed by atoms with Gasteiger partial charge in [0.25, 0.3) is 9.05 Å². The monoisotopic (exact) mass is 380 g/mol. The average Bonchev–Trinajstić information content (AvgIpc) is 2.89. The standard InChI is InChI=1S/C16H13ClN2O3S2/c1-9-3-8-13-14(15(9)24(17,21)22)23-16(19-13)11-4-6-12(7-5-11)18-10(2)20/h3-8H,1-2H3,(H,18,20). The molecule has 2 aromatic carbocycles. The number of thiazole rings is 1. The fourth-order valence-corrected chi connectivity index (χ4v) is 5.42. The molecule has 1 N–H and O–H groups in total. The zero-order chi connectivity index (χ0) is 17.5. The van der Waals surface area contributed by atoms with Crippen LogP contribution in [0.3, 0.4) is 0 Å². The number of nitrogens with zero attached hydrogens (tertiary/aromatic N) is 1. The van der Waals surface area contributed by atoms with E-state index in [1.165, 1.54) is 18.3 Å². The van der Waals surface area contributed by atoms with Crippen LogP contribution in [0.4, 0.5) is 5.69 Å². The van der Waals surface area contributed by atoms with Crippen molar-refractivity contribution in [1.82, 2.24) is 4.98 Å². The zero-order valence-electron chi connectivity index (χ0n) is 12.8. The molecule has 0 spiro atoms. The smallest absolute Gasteiger partial charge is 0.263 e. The van der Waals surface area contributed by atoms with Gasteiger partial charge in [0.05, 0.1) is 10.2 Å². The Labute approximate surface area is 147 Å². The SMILES string of the molecule is CC(=O)Nc1ccc(-c2nc3ccc(C)c(S(=O)(=O)Cl)c3s2)cc1. The van der Waals surface area contributed by atoms with E-state index in [9.17, 15) is 13.2 Å². The highest BCUT2D eigenvalue weighted by molar-refractivity contribution is 8.14. The van der Waals surface area contributed by atoms with Crippen LogP contribution < -0.4 is 5.32 Å². The Balaban J connectivity index is 2.10. The van der Waals surface area contributed by atoms with Crippen molar-refractivity contribution in [3.8, 4) is 10.6 Å². The second-order valence-corrected chi connectivity index (χ2v) is 8.78. The summed E-state index contributed by atoms with van der Waals surface area (Å²) in [6.45, 7) is 3.15. The summed E-state index contributed by atoms with van der Waals surface area (Å²) < 4.78 is 24.3. The number of halogens is 1. The number of nitrogens with one attached hydrogen (secondary N) is 1. The highest BCUT2D eigenvalue weighted by atomic mass is 35.7. The normalized spacial score (nSPS) is 11.6. The van der Waals surface area contributed by atoms with Crippen LogP contribution in [0.15, 0.2) is 41.3 Å². The predicted octanol–water partition coefficient (Wildman–Crippen LogP) is 4.16. The third kappa shape index (κ3) is 3.28. The van der Waals surface area contributed by atoms with E-state index in [2.05, 4.69) is 10.3 Å². The van der Waals surface area contributed by atoms with Crippen molar-refractivity contribution in [2.45, 2.75) is 18.7 Å². The first-order valence-electron chi connectivity index (χ1n) is 6.98. The van der Waals surface area contributed by atoms with Crippen LogP contribution in [-0.4, -0.2) is 19.3 Å². The van der Waals surface area contributed by atoms with Gasteiger partial charge in [0.1, 0.15) is 9.90 Å². The quantitative estimate of drug-likeness (QED) is 0.692. The molecule has 0 aliphatic rings. The number of carbonyl (C=O) groups excluding carboxylic acids is 1. The van der Waals surface area contributed by atoms with Gasteiger partial charge in [0.2, 0.25) is 5.91 Å². The van der Waals surface area contributed by atoms with Crippen LogP contribution in [0.25, 0.3) is 20.8 Å². The molecule has 0 aliphatic carbocycles. The lowest BCUT2D eigenvalue weighted by Gasteiger charge is -2.02. The highest BCUT2D eigenvalue weighted by Crippen LogP contribution is 2.37. The van der Waals surface area contributed by atoms with Crippen LogP contribution in [-0.2, 0) is 13.8 Å². The summed E-state index contributed by atoms with van der Waals surface area (Å²) >= 11 is 1.28. The molecule has 0 fully saturated rings. The minimum absolute atomic E-state index is 0.111. The van der Waals surface area contributed by atoms with E-state index in [-0.39, 0.29) is 10.8 Å².